The third-order valence-corrected chi connectivity index (χ3v) is 5.93. The first-order chi connectivity index (χ1) is 19.4. The lowest BCUT2D eigenvalue weighted by Gasteiger charge is -2.32. The van der Waals surface area contributed by atoms with E-state index in [2.05, 4.69) is 13.8 Å². The SMILES string of the molecule is CCCCOC(COC(=O)CCCCCCCCC(=O)OCC(OCC)(OCC)OCCCC)(OCC)OCC. The van der Waals surface area contributed by atoms with Gasteiger partial charge in [0.2, 0.25) is 0 Å². The van der Waals surface area contributed by atoms with Gasteiger partial charge in [-0.3, -0.25) is 9.59 Å². The van der Waals surface area contributed by atoms with Crippen molar-refractivity contribution in [2.45, 2.75) is 131 Å². The molecule has 0 aliphatic heterocycles. The Labute approximate surface area is 243 Å². The van der Waals surface area contributed by atoms with Crippen LogP contribution in [0.15, 0.2) is 0 Å². The molecule has 0 atom stereocenters. The third kappa shape index (κ3) is 18.9. The summed E-state index contributed by atoms with van der Waals surface area (Å²) < 4.78 is 45.1. The summed E-state index contributed by atoms with van der Waals surface area (Å²) in [6, 6.07) is 0. The quantitative estimate of drug-likeness (QED) is 0.0571. The van der Waals surface area contributed by atoms with E-state index < -0.39 is 11.9 Å². The van der Waals surface area contributed by atoms with E-state index in [-0.39, 0.29) is 25.2 Å². The van der Waals surface area contributed by atoms with Gasteiger partial charge in [-0.15, -0.1) is 0 Å². The molecule has 10 heteroatoms. The molecule has 0 aromatic heterocycles. The van der Waals surface area contributed by atoms with Gasteiger partial charge >= 0.3 is 23.9 Å². The van der Waals surface area contributed by atoms with Gasteiger partial charge in [-0.25, -0.2) is 0 Å². The van der Waals surface area contributed by atoms with Crippen molar-refractivity contribution in [3.05, 3.63) is 0 Å². The van der Waals surface area contributed by atoms with Gasteiger partial charge in [-0.1, -0.05) is 52.4 Å². The van der Waals surface area contributed by atoms with Gasteiger partial charge in [0.05, 0.1) is 13.2 Å². The molecule has 0 aliphatic carbocycles. The van der Waals surface area contributed by atoms with Crippen molar-refractivity contribution in [1.29, 1.82) is 0 Å². The maximum atomic E-state index is 12.3. The molecule has 0 aliphatic rings. The zero-order chi connectivity index (χ0) is 30.0. The van der Waals surface area contributed by atoms with Gasteiger partial charge in [0.15, 0.2) is 13.2 Å². The molecule has 0 aromatic rings. The van der Waals surface area contributed by atoms with Gasteiger partial charge in [0.1, 0.15) is 0 Å². The van der Waals surface area contributed by atoms with Crippen LogP contribution in [0, 0.1) is 0 Å². The van der Waals surface area contributed by atoms with Gasteiger partial charge in [0.25, 0.3) is 0 Å². The Hall–Kier alpha value is -1.30. The Kier molecular flexibility index (Phi) is 24.6. The number of ether oxygens (including phenoxy) is 8. The van der Waals surface area contributed by atoms with Crippen LogP contribution in [0.5, 0.6) is 0 Å². The first-order valence-corrected chi connectivity index (χ1v) is 15.5. The maximum Gasteiger partial charge on any atom is 0.319 e. The Morgan fingerprint density at radius 1 is 0.450 bits per heavy atom. The number of carbonyl (C=O) groups excluding carboxylic acids is 2. The Morgan fingerprint density at radius 3 is 1.07 bits per heavy atom. The molecule has 0 N–H and O–H groups in total. The molecule has 0 fully saturated rings. The summed E-state index contributed by atoms with van der Waals surface area (Å²) in [6.07, 6.45) is 9.62. The number of rotatable bonds is 29. The van der Waals surface area contributed by atoms with E-state index in [1.165, 1.54) is 0 Å². The summed E-state index contributed by atoms with van der Waals surface area (Å²) in [5.74, 6) is -3.27. The molecule has 0 aromatic carbocycles. The minimum Gasteiger partial charge on any atom is -0.457 e. The Bertz CT molecular complexity index is 549. The van der Waals surface area contributed by atoms with E-state index in [1.807, 2.05) is 27.7 Å². The number of carbonyl (C=O) groups is 2. The van der Waals surface area contributed by atoms with E-state index in [0.29, 0.717) is 52.5 Å². The highest BCUT2D eigenvalue weighted by atomic mass is 16.9. The predicted molar refractivity (Wildman–Crippen MR) is 153 cm³/mol. The van der Waals surface area contributed by atoms with Gasteiger partial charge < -0.3 is 37.9 Å². The van der Waals surface area contributed by atoms with Crippen molar-refractivity contribution >= 4 is 11.9 Å². The minimum atomic E-state index is -1.34. The maximum absolute atomic E-state index is 12.3. The van der Waals surface area contributed by atoms with E-state index >= 15 is 0 Å². The molecule has 0 saturated heterocycles. The summed E-state index contributed by atoms with van der Waals surface area (Å²) >= 11 is 0. The van der Waals surface area contributed by atoms with Crippen LogP contribution < -0.4 is 0 Å². The second kappa shape index (κ2) is 25.4. The molecular formula is C30H58O10. The molecule has 0 spiro atoms. The topological polar surface area (TPSA) is 108 Å². The molecule has 0 bridgehead atoms. The highest BCUT2D eigenvalue weighted by Crippen LogP contribution is 2.20. The Balaban J connectivity index is 4.18. The van der Waals surface area contributed by atoms with Crippen LogP contribution in [0.2, 0.25) is 0 Å². The highest BCUT2D eigenvalue weighted by molar-refractivity contribution is 5.69. The summed E-state index contributed by atoms with van der Waals surface area (Å²) in [5.41, 5.74) is 0. The molecule has 0 unspecified atom stereocenters. The summed E-state index contributed by atoms with van der Waals surface area (Å²) in [6.45, 7) is 13.9. The smallest absolute Gasteiger partial charge is 0.319 e. The molecule has 10 nitrogen and oxygen atoms in total. The van der Waals surface area contributed by atoms with Crippen LogP contribution in [0.25, 0.3) is 0 Å². The third-order valence-electron chi connectivity index (χ3n) is 5.93. The summed E-state index contributed by atoms with van der Waals surface area (Å²) in [7, 11) is 0. The van der Waals surface area contributed by atoms with Crippen LogP contribution in [0.1, 0.15) is 119 Å². The number of unbranched alkanes of at least 4 members (excludes halogenated alkanes) is 7. The molecular weight excluding hydrogens is 520 g/mol. The number of hydrogen-bond donors (Lipinski definition) is 0. The fraction of sp³-hybridized carbons (Fsp3) is 0.933. The zero-order valence-corrected chi connectivity index (χ0v) is 26.2. The monoisotopic (exact) mass is 578 g/mol. The summed E-state index contributed by atoms with van der Waals surface area (Å²) in [4.78, 5) is 24.5. The number of hydrogen-bond acceptors (Lipinski definition) is 10. The van der Waals surface area contributed by atoms with E-state index in [1.54, 1.807) is 0 Å². The van der Waals surface area contributed by atoms with Gasteiger partial charge in [-0.2, -0.15) is 0 Å². The zero-order valence-electron chi connectivity index (χ0n) is 26.2. The van der Waals surface area contributed by atoms with Crippen molar-refractivity contribution in [1.82, 2.24) is 0 Å². The first kappa shape index (κ1) is 38.7. The van der Waals surface area contributed by atoms with Gasteiger partial charge in [0, 0.05) is 39.3 Å². The van der Waals surface area contributed by atoms with Crippen LogP contribution in [0.4, 0.5) is 0 Å². The highest BCUT2D eigenvalue weighted by Gasteiger charge is 2.36. The van der Waals surface area contributed by atoms with Gasteiger partial charge in [-0.05, 0) is 53.4 Å². The van der Waals surface area contributed by atoms with Crippen molar-refractivity contribution < 1.29 is 47.5 Å². The lowest BCUT2D eigenvalue weighted by atomic mass is 10.1. The van der Waals surface area contributed by atoms with Crippen molar-refractivity contribution in [2.75, 3.05) is 52.9 Å². The average Bonchev–Trinajstić information content (AvgIpc) is 2.93. The second-order valence-electron chi connectivity index (χ2n) is 9.44. The van der Waals surface area contributed by atoms with Crippen LogP contribution in [-0.4, -0.2) is 76.7 Å². The normalized spacial score (nSPS) is 12.1. The van der Waals surface area contributed by atoms with Crippen LogP contribution in [-0.2, 0) is 47.5 Å². The fourth-order valence-corrected chi connectivity index (χ4v) is 3.85. The molecule has 40 heavy (non-hydrogen) atoms. The number of esters is 2. The second-order valence-corrected chi connectivity index (χ2v) is 9.44. The predicted octanol–water partition coefficient (Wildman–Crippen LogP) is 6.28. The largest absolute Gasteiger partial charge is 0.457 e. The van der Waals surface area contributed by atoms with E-state index in [4.69, 9.17) is 37.9 Å². The van der Waals surface area contributed by atoms with Crippen LogP contribution >= 0.6 is 0 Å². The van der Waals surface area contributed by atoms with Crippen LogP contribution in [0.3, 0.4) is 0 Å². The fourth-order valence-electron chi connectivity index (χ4n) is 3.85. The standard InChI is InChI=1S/C30H58O10/c1-7-13-23-39-29(35-9-3,36-10-4)25-33-27(31)21-19-17-15-16-18-20-22-28(32)34-26-30(37-11-5,38-12-6)40-24-14-8-2/h7-26H2,1-6H3. The lowest BCUT2D eigenvalue weighted by Crippen LogP contribution is -2.45. The molecule has 0 heterocycles. The van der Waals surface area contributed by atoms with E-state index in [0.717, 1.165) is 64.2 Å². The van der Waals surface area contributed by atoms with Crippen molar-refractivity contribution in [3.63, 3.8) is 0 Å². The lowest BCUT2D eigenvalue weighted by molar-refractivity contribution is -0.389. The van der Waals surface area contributed by atoms with Crippen molar-refractivity contribution in [2.24, 2.45) is 0 Å². The Morgan fingerprint density at radius 2 is 0.775 bits per heavy atom. The molecule has 0 radical (unpaired) electrons. The average molecular weight is 579 g/mol. The minimum absolute atomic E-state index is 0.0888. The van der Waals surface area contributed by atoms with E-state index in [9.17, 15) is 9.59 Å². The first-order valence-electron chi connectivity index (χ1n) is 15.5. The molecule has 0 amide bonds. The summed E-state index contributed by atoms with van der Waals surface area (Å²) in [5, 5.41) is 0. The van der Waals surface area contributed by atoms with Crippen molar-refractivity contribution in [3.8, 4) is 0 Å². The molecule has 0 rings (SSSR count). The molecule has 0 saturated carbocycles. The molecule has 238 valence electrons.